The standard InChI is InChI=1S/C17H22N2O/c1-12-15-8-9-17(2,3)11-16(15)19(18-12)13-6-5-7-14(10-13)20-4/h5-7,10H,8-9,11H2,1-4H3. The van der Waals surface area contributed by atoms with Gasteiger partial charge in [-0.25, -0.2) is 4.68 Å². The summed E-state index contributed by atoms with van der Waals surface area (Å²) in [7, 11) is 1.70. The summed E-state index contributed by atoms with van der Waals surface area (Å²) in [6.07, 6.45) is 3.46. The van der Waals surface area contributed by atoms with E-state index in [9.17, 15) is 0 Å². The van der Waals surface area contributed by atoms with Crippen LogP contribution in [-0.2, 0) is 12.8 Å². The smallest absolute Gasteiger partial charge is 0.121 e. The predicted octanol–water partition coefficient (Wildman–Crippen LogP) is 3.70. The maximum absolute atomic E-state index is 5.33. The van der Waals surface area contributed by atoms with Crippen LogP contribution in [0.5, 0.6) is 5.75 Å². The normalized spacial score (nSPS) is 16.8. The fraction of sp³-hybridized carbons (Fsp3) is 0.471. The molecular weight excluding hydrogens is 248 g/mol. The van der Waals surface area contributed by atoms with Crippen LogP contribution < -0.4 is 4.74 Å². The molecule has 0 N–H and O–H groups in total. The van der Waals surface area contributed by atoms with Gasteiger partial charge in [-0.2, -0.15) is 5.10 Å². The molecule has 3 heteroatoms. The van der Waals surface area contributed by atoms with E-state index in [-0.39, 0.29) is 0 Å². The van der Waals surface area contributed by atoms with Gasteiger partial charge in [0.05, 0.1) is 18.5 Å². The van der Waals surface area contributed by atoms with E-state index in [1.165, 1.54) is 23.4 Å². The molecule has 1 aliphatic carbocycles. The molecule has 0 amide bonds. The quantitative estimate of drug-likeness (QED) is 0.832. The molecule has 1 aromatic heterocycles. The summed E-state index contributed by atoms with van der Waals surface area (Å²) in [5, 5.41) is 4.76. The van der Waals surface area contributed by atoms with Crippen LogP contribution in [0.1, 0.15) is 37.2 Å². The Morgan fingerprint density at radius 2 is 2.10 bits per heavy atom. The number of aromatic nitrogens is 2. The van der Waals surface area contributed by atoms with Crippen molar-refractivity contribution in [2.45, 2.75) is 40.0 Å². The first-order valence-electron chi connectivity index (χ1n) is 7.22. The molecule has 0 spiro atoms. The fourth-order valence-electron chi connectivity index (χ4n) is 3.08. The Bertz CT molecular complexity index is 640. The summed E-state index contributed by atoms with van der Waals surface area (Å²) in [6.45, 7) is 6.80. The van der Waals surface area contributed by atoms with Gasteiger partial charge in [0.25, 0.3) is 0 Å². The number of aryl methyl sites for hydroxylation is 1. The molecule has 0 unspecified atom stereocenters. The molecule has 1 aliphatic rings. The molecule has 0 atom stereocenters. The molecule has 0 bridgehead atoms. The van der Waals surface area contributed by atoms with Crippen LogP contribution in [0.15, 0.2) is 24.3 Å². The van der Waals surface area contributed by atoms with Gasteiger partial charge in [0, 0.05) is 11.8 Å². The fourth-order valence-corrected chi connectivity index (χ4v) is 3.08. The number of rotatable bonds is 2. The third kappa shape index (κ3) is 2.21. The van der Waals surface area contributed by atoms with Crippen LogP contribution in [-0.4, -0.2) is 16.9 Å². The monoisotopic (exact) mass is 270 g/mol. The van der Waals surface area contributed by atoms with Gasteiger partial charge in [0.2, 0.25) is 0 Å². The van der Waals surface area contributed by atoms with E-state index < -0.39 is 0 Å². The zero-order chi connectivity index (χ0) is 14.3. The molecular formula is C17H22N2O. The highest BCUT2D eigenvalue weighted by Crippen LogP contribution is 2.37. The molecule has 1 aromatic carbocycles. The van der Waals surface area contributed by atoms with Crippen molar-refractivity contribution in [1.82, 2.24) is 9.78 Å². The second-order valence-electron chi connectivity index (χ2n) is 6.46. The molecule has 3 rings (SSSR count). The Balaban J connectivity index is 2.11. The lowest BCUT2D eigenvalue weighted by Gasteiger charge is -2.30. The minimum atomic E-state index is 0.357. The van der Waals surface area contributed by atoms with Crippen molar-refractivity contribution in [3.05, 3.63) is 41.2 Å². The molecule has 1 heterocycles. The average molecular weight is 270 g/mol. The second-order valence-corrected chi connectivity index (χ2v) is 6.46. The zero-order valence-electron chi connectivity index (χ0n) is 12.7. The minimum Gasteiger partial charge on any atom is -0.497 e. The van der Waals surface area contributed by atoms with Crippen molar-refractivity contribution < 1.29 is 4.74 Å². The maximum Gasteiger partial charge on any atom is 0.121 e. The van der Waals surface area contributed by atoms with Gasteiger partial charge in [-0.15, -0.1) is 0 Å². The first-order valence-corrected chi connectivity index (χ1v) is 7.22. The molecule has 20 heavy (non-hydrogen) atoms. The predicted molar refractivity (Wildman–Crippen MR) is 80.7 cm³/mol. The number of nitrogens with zero attached hydrogens (tertiary/aromatic N) is 2. The van der Waals surface area contributed by atoms with Crippen molar-refractivity contribution >= 4 is 0 Å². The Morgan fingerprint density at radius 3 is 2.85 bits per heavy atom. The summed E-state index contributed by atoms with van der Waals surface area (Å²) < 4.78 is 7.43. The number of methoxy groups -OCH3 is 1. The summed E-state index contributed by atoms with van der Waals surface area (Å²) in [6, 6.07) is 8.13. The first-order chi connectivity index (χ1) is 9.50. The van der Waals surface area contributed by atoms with Gasteiger partial charge in [-0.05, 0) is 49.3 Å². The SMILES string of the molecule is COc1cccc(-n2nc(C)c3c2CC(C)(C)CC3)c1. The van der Waals surface area contributed by atoms with Crippen LogP contribution in [0.25, 0.3) is 5.69 Å². The van der Waals surface area contributed by atoms with Crippen LogP contribution in [0, 0.1) is 12.3 Å². The zero-order valence-corrected chi connectivity index (χ0v) is 12.7. The van der Waals surface area contributed by atoms with Crippen LogP contribution in [0.4, 0.5) is 0 Å². The number of fused-ring (bicyclic) bond motifs is 1. The Labute approximate surface area is 120 Å². The Morgan fingerprint density at radius 1 is 1.30 bits per heavy atom. The molecule has 0 saturated heterocycles. The van der Waals surface area contributed by atoms with Crippen molar-refractivity contribution in [2.75, 3.05) is 7.11 Å². The molecule has 0 saturated carbocycles. The lowest BCUT2D eigenvalue weighted by Crippen LogP contribution is -2.23. The summed E-state index contributed by atoms with van der Waals surface area (Å²) in [5.41, 5.74) is 5.42. The van der Waals surface area contributed by atoms with Crippen LogP contribution >= 0.6 is 0 Å². The largest absolute Gasteiger partial charge is 0.497 e. The highest BCUT2D eigenvalue weighted by molar-refractivity contribution is 5.43. The van der Waals surface area contributed by atoms with E-state index in [0.29, 0.717) is 5.41 Å². The number of hydrogen-bond donors (Lipinski definition) is 0. The lowest BCUT2D eigenvalue weighted by atomic mass is 9.76. The van der Waals surface area contributed by atoms with Gasteiger partial charge >= 0.3 is 0 Å². The highest BCUT2D eigenvalue weighted by Gasteiger charge is 2.30. The Kier molecular flexibility index (Phi) is 3.08. The highest BCUT2D eigenvalue weighted by atomic mass is 16.5. The minimum absolute atomic E-state index is 0.357. The summed E-state index contributed by atoms with van der Waals surface area (Å²) >= 11 is 0. The van der Waals surface area contributed by atoms with E-state index in [2.05, 4.69) is 31.5 Å². The molecule has 0 radical (unpaired) electrons. The third-order valence-corrected chi connectivity index (χ3v) is 4.29. The number of hydrogen-bond acceptors (Lipinski definition) is 2. The average Bonchev–Trinajstić information content (AvgIpc) is 2.74. The van der Waals surface area contributed by atoms with Gasteiger partial charge < -0.3 is 4.74 Å². The van der Waals surface area contributed by atoms with E-state index in [1.54, 1.807) is 7.11 Å². The summed E-state index contributed by atoms with van der Waals surface area (Å²) in [5.74, 6) is 0.875. The van der Waals surface area contributed by atoms with Gasteiger partial charge in [-0.3, -0.25) is 0 Å². The maximum atomic E-state index is 5.33. The molecule has 106 valence electrons. The lowest BCUT2D eigenvalue weighted by molar-refractivity contribution is 0.309. The van der Waals surface area contributed by atoms with Gasteiger partial charge in [-0.1, -0.05) is 19.9 Å². The number of ether oxygens (including phenoxy) is 1. The van der Waals surface area contributed by atoms with Crippen LogP contribution in [0.2, 0.25) is 0 Å². The van der Waals surface area contributed by atoms with E-state index in [0.717, 1.165) is 24.3 Å². The van der Waals surface area contributed by atoms with E-state index in [4.69, 9.17) is 9.84 Å². The molecule has 2 aromatic rings. The topological polar surface area (TPSA) is 27.1 Å². The van der Waals surface area contributed by atoms with Crippen molar-refractivity contribution in [1.29, 1.82) is 0 Å². The van der Waals surface area contributed by atoms with E-state index >= 15 is 0 Å². The van der Waals surface area contributed by atoms with Gasteiger partial charge in [0.1, 0.15) is 5.75 Å². The Hall–Kier alpha value is -1.77. The van der Waals surface area contributed by atoms with Gasteiger partial charge in [0.15, 0.2) is 0 Å². The summed E-state index contributed by atoms with van der Waals surface area (Å²) in [4.78, 5) is 0. The van der Waals surface area contributed by atoms with E-state index in [1.807, 2.05) is 18.2 Å². The molecule has 3 nitrogen and oxygen atoms in total. The van der Waals surface area contributed by atoms with Crippen LogP contribution in [0.3, 0.4) is 0 Å². The number of benzene rings is 1. The molecule has 0 aliphatic heterocycles. The first kappa shape index (κ1) is 13.2. The van der Waals surface area contributed by atoms with Crippen molar-refractivity contribution in [3.8, 4) is 11.4 Å². The third-order valence-electron chi connectivity index (χ3n) is 4.29. The molecule has 0 fully saturated rings. The van der Waals surface area contributed by atoms with Crippen molar-refractivity contribution in [2.24, 2.45) is 5.41 Å². The van der Waals surface area contributed by atoms with Crippen molar-refractivity contribution in [3.63, 3.8) is 0 Å². The second kappa shape index (κ2) is 4.65.